The van der Waals surface area contributed by atoms with Crippen LogP contribution in [-0.2, 0) is 22.5 Å². The molecule has 1 aliphatic rings. The number of aromatic nitrogens is 5. The van der Waals surface area contributed by atoms with Crippen LogP contribution in [0.25, 0.3) is 116 Å². The van der Waals surface area contributed by atoms with Crippen LogP contribution in [0.4, 0.5) is 5.69 Å². The third kappa shape index (κ3) is 15.6. The molecule has 8 nitrogen and oxygen atoms in total. The number of pyridine rings is 5. The van der Waals surface area contributed by atoms with Crippen molar-refractivity contribution < 1.29 is 58.3 Å². The normalized spacial score (nSPS) is 11.5. The summed E-state index contributed by atoms with van der Waals surface area (Å²) in [6, 6.07) is 86.8. The molecule has 13 heteroatoms. The van der Waals surface area contributed by atoms with Gasteiger partial charge in [0.25, 0.3) is 0 Å². The van der Waals surface area contributed by atoms with Crippen molar-refractivity contribution in [3.05, 3.63) is 311 Å². The number of anilines is 1. The van der Waals surface area contributed by atoms with Crippen molar-refractivity contribution >= 4 is 105 Å². The van der Waals surface area contributed by atoms with Crippen molar-refractivity contribution in [1.29, 1.82) is 0 Å². The minimum atomic E-state index is -1.44. The van der Waals surface area contributed by atoms with Gasteiger partial charge >= 0.3 is 64.4 Å². The molecule has 1 aliphatic heterocycles. The molecule has 90 heavy (non-hydrogen) atoms. The van der Waals surface area contributed by atoms with Crippen molar-refractivity contribution in [2.75, 3.05) is 11.1 Å². The molecule has 0 fully saturated rings. The van der Waals surface area contributed by atoms with Crippen LogP contribution >= 0.6 is 15.9 Å². The average molecular weight is 1350 g/mol. The van der Waals surface area contributed by atoms with E-state index in [4.69, 9.17) is 22.6 Å². The van der Waals surface area contributed by atoms with Gasteiger partial charge in [-0.2, -0.15) is 0 Å². The van der Waals surface area contributed by atoms with Gasteiger partial charge in [0.15, 0.2) is 0 Å². The van der Waals surface area contributed by atoms with Gasteiger partial charge in [-0.1, -0.05) is 240 Å². The van der Waals surface area contributed by atoms with E-state index in [0.29, 0.717) is 0 Å². The van der Waals surface area contributed by atoms with Gasteiger partial charge in [0, 0.05) is 69.0 Å². The second-order valence-corrected chi connectivity index (χ2v) is 20.3. The van der Waals surface area contributed by atoms with Crippen molar-refractivity contribution in [2.24, 2.45) is 0 Å². The van der Waals surface area contributed by atoms with Crippen LogP contribution in [0.15, 0.2) is 280 Å². The van der Waals surface area contributed by atoms with E-state index in [2.05, 4.69) is 269 Å². The molecule has 1 atom stereocenters. The van der Waals surface area contributed by atoms with Crippen LogP contribution in [0.3, 0.4) is 0 Å². The fraction of sp³-hybridized carbons (Fsp3) is 0.0519. The van der Waals surface area contributed by atoms with Gasteiger partial charge in [0.2, 0.25) is 0 Å². The summed E-state index contributed by atoms with van der Waals surface area (Å²) in [7, 11) is 0. The molecule has 0 saturated carbocycles. The summed E-state index contributed by atoms with van der Waals surface area (Å²) in [5.41, 5.74) is 22.7. The minimum Gasteiger partial charge on any atom is -0.254 e. The molecular weight excluding hydrogens is 1290 g/mol. The van der Waals surface area contributed by atoms with Crippen molar-refractivity contribution in [1.82, 2.24) is 24.9 Å². The molecule has 1 unspecified atom stereocenters. The summed E-state index contributed by atoms with van der Waals surface area (Å²) in [5, 5.41) is 9.35. The zero-order chi connectivity index (χ0) is 58.5. The minimum absolute atomic E-state index is 0. The van der Waals surface area contributed by atoms with E-state index in [9.17, 15) is 0 Å². The van der Waals surface area contributed by atoms with Crippen molar-refractivity contribution in [3.8, 4) is 55.6 Å². The number of alkyl halides is 1. The third-order valence-electron chi connectivity index (χ3n) is 14.9. The molecule has 14 aromatic rings. The molecular formula is C77H63Br2LiMgMnN6O2. The maximum atomic E-state index is 8.41. The number of halogens is 2. The van der Waals surface area contributed by atoms with E-state index >= 15 is 0 Å². The maximum Gasteiger partial charge on any atom is 0.0970 e. The van der Waals surface area contributed by atoms with Crippen molar-refractivity contribution in [2.45, 2.75) is 19.9 Å². The Bertz CT molecular complexity index is 4610. The summed E-state index contributed by atoms with van der Waals surface area (Å²) in [6.07, 6.45) is 9.85. The zero-order valence-corrected chi connectivity index (χ0v) is 56.8. The van der Waals surface area contributed by atoms with Crippen LogP contribution in [0.2, 0.25) is 0 Å². The Morgan fingerprint density at radius 2 is 0.656 bits per heavy atom. The summed E-state index contributed by atoms with van der Waals surface area (Å²) in [5.74, 6) is 1.81. The predicted molar refractivity (Wildman–Crippen MR) is 369 cm³/mol. The number of hydrogen-bond acceptors (Lipinski definition) is 8. The van der Waals surface area contributed by atoms with Gasteiger partial charge in [-0.05, 0) is 117 Å². The van der Waals surface area contributed by atoms with Gasteiger partial charge in [-0.15, -0.1) is 0 Å². The number of fused-ring (bicyclic) bond motifs is 9. The second kappa shape index (κ2) is 34.3. The molecule has 15 rings (SSSR count). The van der Waals surface area contributed by atoms with Crippen LogP contribution in [0, 0.1) is 21.8 Å². The van der Waals surface area contributed by atoms with E-state index in [1.807, 2.05) is 61.8 Å². The fourth-order valence-electron chi connectivity index (χ4n) is 11.3. The SMILES string of the molecule is CBr.CC1C=C(c2ccccc2)c2ccc3c(-c4ccccc4)ccnc3c2N1.Cc1cc(-c2ccccc2)c2ccc3c(-c4ccccc4)ccnc3c2n1.[Br-].[CH3-].[CH3-].[Li+].[Mg+2].[O]=[Mn]=[O].c1ccc(-c2ccnc3c2ccc2c(-c4ccccc4)ccnc23)cc1. The van der Waals surface area contributed by atoms with E-state index in [-0.39, 0.29) is 79.8 Å². The molecule has 0 radical (unpaired) electrons. The summed E-state index contributed by atoms with van der Waals surface area (Å²) in [6.45, 7) is 4.23. The maximum absolute atomic E-state index is 8.41. The number of aryl methyl sites for hydroxylation is 1. The summed E-state index contributed by atoms with van der Waals surface area (Å²) in [4.78, 5) is 23.7. The summed E-state index contributed by atoms with van der Waals surface area (Å²) < 4.78 is 16.8. The Labute approximate surface area is 580 Å². The largest absolute Gasteiger partial charge is 0.254 e. The molecule has 437 valence electrons. The first kappa shape index (κ1) is 71.1. The Hall–Kier alpha value is -7.99. The van der Waals surface area contributed by atoms with Gasteiger partial charge < -0.3 is 37.2 Å². The van der Waals surface area contributed by atoms with Gasteiger partial charge in [0.1, 0.15) is 0 Å². The molecule has 0 spiro atoms. The van der Waals surface area contributed by atoms with Gasteiger partial charge in [-0.3, -0.25) is 24.9 Å². The molecule has 0 amide bonds. The van der Waals surface area contributed by atoms with E-state index < -0.39 is 14.8 Å². The zero-order valence-electron chi connectivity index (χ0n) is 51.0. The fourth-order valence-corrected chi connectivity index (χ4v) is 11.3. The molecule has 1 N–H and O–H groups in total. The monoisotopic (exact) mass is 1350 g/mol. The predicted octanol–water partition coefficient (Wildman–Crippen LogP) is 14.0. The molecule has 5 aromatic heterocycles. The standard InChI is InChI=1S/C25H20N2.C25H18N2.C24H16N2.CH3Br.2CH3.BrH.Li.Mg.Mn.2O/c2*1-17-16-23(19-10-6-3-7-11-19)22-13-12-21-20(18-8-4-2-5-9-18)14-15-26-24(21)25(22)27-17;1-3-7-17(8-4-1)19-13-15-25-23-21(19)11-12-22-20(14-16-26-24(22)23)18-9-5-2-6-10-18;1-2;;;;;;;;/h2-17,27H,1H3;2-16H,1H3;1-16H;1H3;2*1H3;1H;;;;;/q;;;;2*-1;;+1;+2;;;/p-1. The average Bonchev–Trinajstić information content (AvgIpc) is 0.917. The Morgan fingerprint density at radius 1 is 0.378 bits per heavy atom. The van der Waals surface area contributed by atoms with E-state index in [1.54, 1.807) is 0 Å². The van der Waals surface area contributed by atoms with Gasteiger partial charge in [0.05, 0.1) is 33.3 Å². The number of hydrogen-bond donors (Lipinski definition) is 1. The van der Waals surface area contributed by atoms with Crippen molar-refractivity contribution in [3.63, 3.8) is 0 Å². The number of nitrogens with zero attached hydrogens (tertiary/aromatic N) is 5. The third-order valence-corrected chi connectivity index (χ3v) is 14.9. The number of rotatable bonds is 6. The van der Waals surface area contributed by atoms with Crippen LogP contribution in [0.5, 0.6) is 0 Å². The molecule has 0 saturated heterocycles. The molecule has 0 bridgehead atoms. The van der Waals surface area contributed by atoms with Gasteiger partial charge in [-0.25, -0.2) is 0 Å². The topological polar surface area (TPSA) is 111 Å². The number of nitrogens with one attached hydrogen (secondary N) is 1. The first-order valence-corrected chi connectivity index (χ1v) is 30.4. The Morgan fingerprint density at radius 3 is 1.01 bits per heavy atom. The number of benzene rings is 9. The second-order valence-electron chi connectivity index (χ2n) is 20.1. The van der Waals surface area contributed by atoms with E-state index in [1.165, 1.54) is 77.7 Å². The smallest absolute Gasteiger partial charge is 0.0970 e. The van der Waals surface area contributed by atoms with E-state index in [0.717, 1.165) is 60.5 Å². The first-order chi connectivity index (χ1) is 41.9. The molecule has 9 aromatic carbocycles. The quantitative estimate of drug-likeness (QED) is 0.0759. The Kier molecular flexibility index (Phi) is 27.1. The molecule has 6 heterocycles. The van der Waals surface area contributed by atoms with Crippen LogP contribution in [0.1, 0.15) is 23.7 Å². The Balaban J connectivity index is 0.000000202. The van der Waals surface area contributed by atoms with Crippen LogP contribution in [-0.4, -0.2) is 59.8 Å². The van der Waals surface area contributed by atoms with Crippen LogP contribution < -0.4 is 41.2 Å². The summed E-state index contributed by atoms with van der Waals surface area (Å²) >= 11 is 1.50. The first-order valence-electron chi connectivity index (χ1n) is 27.8. The molecule has 0 aliphatic carbocycles.